The number of nitrogens with zero attached hydrogens (tertiary/aromatic N) is 6. The molecule has 1 aliphatic heterocycles. The van der Waals surface area contributed by atoms with Crippen molar-refractivity contribution in [3.63, 3.8) is 0 Å². The molecule has 1 fully saturated rings. The first-order valence-corrected chi connectivity index (χ1v) is 11.2. The maximum absolute atomic E-state index is 13.9. The molecule has 2 N–H and O–H groups in total. The van der Waals surface area contributed by atoms with Crippen molar-refractivity contribution in [3.8, 4) is 0 Å². The van der Waals surface area contributed by atoms with Gasteiger partial charge in [-0.15, -0.1) is 10.2 Å². The summed E-state index contributed by atoms with van der Waals surface area (Å²) < 4.78 is 27.0. The van der Waals surface area contributed by atoms with Gasteiger partial charge in [-0.25, -0.2) is 13.6 Å². The highest BCUT2D eigenvalue weighted by Gasteiger charge is 2.28. The van der Waals surface area contributed by atoms with Gasteiger partial charge in [0.2, 0.25) is 0 Å². The number of halogens is 2. The average Bonchev–Trinajstić information content (AvgIpc) is 2.88. The molecule has 3 aromatic rings. The van der Waals surface area contributed by atoms with Crippen LogP contribution in [0.4, 0.5) is 25.1 Å². The lowest BCUT2D eigenvalue weighted by Crippen LogP contribution is -2.47. The second kappa shape index (κ2) is 10.5. The Morgan fingerprint density at radius 2 is 2.03 bits per heavy atom. The molecule has 1 aliphatic rings. The van der Waals surface area contributed by atoms with E-state index >= 15 is 0 Å². The lowest BCUT2D eigenvalue weighted by Gasteiger charge is -2.37. The largest absolute Gasteiger partial charge is 0.354 e. The summed E-state index contributed by atoms with van der Waals surface area (Å²) >= 11 is 0. The molecule has 4 rings (SSSR count). The highest BCUT2D eigenvalue weighted by molar-refractivity contribution is 6.14. The first-order chi connectivity index (χ1) is 16.9. The molecule has 2 aromatic heterocycles. The van der Waals surface area contributed by atoms with Gasteiger partial charge in [-0.05, 0) is 31.0 Å². The van der Waals surface area contributed by atoms with Gasteiger partial charge < -0.3 is 20.5 Å². The summed E-state index contributed by atoms with van der Waals surface area (Å²) in [5.41, 5.74) is 1.25. The number of nitrogens with one attached hydrogen (secondary N) is 2. The van der Waals surface area contributed by atoms with Crippen LogP contribution in [0.15, 0.2) is 41.7 Å². The first kappa shape index (κ1) is 24.1. The number of carbonyl (C=O) groups excluding carboxylic acids is 1. The van der Waals surface area contributed by atoms with E-state index < -0.39 is 17.7 Å². The zero-order chi connectivity index (χ0) is 24.9. The van der Waals surface area contributed by atoms with E-state index in [4.69, 9.17) is 5.41 Å². The molecule has 0 unspecified atom stereocenters. The van der Waals surface area contributed by atoms with E-state index in [1.54, 1.807) is 31.4 Å². The molecule has 35 heavy (non-hydrogen) atoms. The summed E-state index contributed by atoms with van der Waals surface area (Å²) in [7, 11) is 3.34. The number of aromatic nitrogens is 3. The van der Waals surface area contributed by atoms with E-state index in [-0.39, 0.29) is 11.7 Å². The number of urea groups is 1. The minimum Gasteiger partial charge on any atom is -0.354 e. The summed E-state index contributed by atoms with van der Waals surface area (Å²) in [5.74, 6) is -0.810. The minimum absolute atomic E-state index is 0.0576. The van der Waals surface area contributed by atoms with Crippen LogP contribution in [0.25, 0.3) is 10.8 Å². The number of hydrogen-bond donors (Lipinski definition) is 2. The van der Waals surface area contributed by atoms with E-state index in [1.807, 2.05) is 6.07 Å². The van der Waals surface area contributed by atoms with Crippen molar-refractivity contribution in [1.82, 2.24) is 20.1 Å². The van der Waals surface area contributed by atoms with E-state index in [1.165, 1.54) is 12.3 Å². The van der Waals surface area contributed by atoms with E-state index in [0.29, 0.717) is 49.6 Å². The molecule has 1 saturated heterocycles. The third kappa shape index (κ3) is 5.08. The van der Waals surface area contributed by atoms with Crippen LogP contribution in [0.5, 0.6) is 0 Å². The Hall–Kier alpha value is -4.02. The molecule has 9 nitrogen and oxygen atoms in total. The lowest BCUT2D eigenvalue weighted by molar-refractivity contribution is 0.193. The molecule has 0 aliphatic carbocycles. The van der Waals surface area contributed by atoms with Crippen molar-refractivity contribution in [2.45, 2.75) is 25.3 Å². The molecule has 3 heterocycles. The Morgan fingerprint density at radius 1 is 1.26 bits per heavy atom. The van der Waals surface area contributed by atoms with Gasteiger partial charge in [0.15, 0.2) is 5.82 Å². The number of carbonyl (C=O) groups is 1. The number of hydrogen-bond acceptors (Lipinski definition) is 7. The number of anilines is 2. The molecule has 0 spiro atoms. The normalized spacial score (nSPS) is 14.7. The van der Waals surface area contributed by atoms with Crippen LogP contribution in [0, 0.1) is 17.0 Å². The average molecular weight is 481 g/mol. The number of amides is 2. The Bertz CT molecular complexity index is 1270. The Kier molecular flexibility index (Phi) is 7.23. The highest BCUT2D eigenvalue weighted by atomic mass is 19.1. The van der Waals surface area contributed by atoms with Crippen molar-refractivity contribution in [2.75, 3.05) is 37.4 Å². The van der Waals surface area contributed by atoms with Crippen molar-refractivity contribution >= 4 is 40.2 Å². The highest BCUT2D eigenvalue weighted by Crippen LogP contribution is 2.29. The zero-order valence-electron chi connectivity index (χ0n) is 19.5. The third-order valence-corrected chi connectivity index (χ3v) is 6.21. The van der Waals surface area contributed by atoms with Crippen molar-refractivity contribution in [1.29, 1.82) is 5.41 Å². The third-order valence-electron chi connectivity index (χ3n) is 6.21. The summed E-state index contributed by atoms with van der Waals surface area (Å²) in [6.45, 7) is 1.28. The van der Waals surface area contributed by atoms with Crippen LogP contribution in [0.1, 0.15) is 25.0 Å². The molecular weight excluding hydrogens is 454 g/mol. The van der Waals surface area contributed by atoms with Crippen LogP contribution >= 0.6 is 0 Å². The molecule has 2 amide bonds. The monoisotopic (exact) mass is 480 g/mol. The van der Waals surface area contributed by atoms with Crippen LogP contribution in [0.3, 0.4) is 0 Å². The van der Waals surface area contributed by atoms with Crippen LogP contribution in [0.2, 0.25) is 0 Å². The SMILES string of the molecule is CN=C(CC=N)c1nnc(N2CCC(N(C)C(=O)Nc3ccc(F)cc3F)CC2)c2cnccc12. The standard InChI is InChI=1S/C24H26F2N8O/c1-28-21(5-9-27)22-17-6-10-29-14-18(17)23(32-31-22)34-11-7-16(8-12-34)33(2)24(35)30-20-4-3-15(25)13-19(20)26/h3-4,6,9-10,13-14,16,27H,5,7-8,11-12H2,1-2H3,(H,30,35). The quantitative estimate of drug-likeness (QED) is 0.520. The second-order valence-electron chi connectivity index (χ2n) is 8.26. The van der Waals surface area contributed by atoms with Gasteiger partial charge in [-0.1, -0.05) is 0 Å². The predicted molar refractivity (Wildman–Crippen MR) is 132 cm³/mol. The number of pyridine rings is 1. The number of fused-ring (bicyclic) bond motifs is 1. The second-order valence-corrected chi connectivity index (χ2v) is 8.26. The van der Waals surface area contributed by atoms with Crippen LogP contribution < -0.4 is 10.2 Å². The van der Waals surface area contributed by atoms with Crippen LogP contribution in [-0.4, -0.2) is 71.3 Å². The number of piperidine rings is 1. The van der Waals surface area contributed by atoms with Crippen LogP contribution in [-0.2, 0) is 0 Å². The zero-order valence-corrected chi connectivity index (χ0v) is 19.5. The number of aliphatic imine (C=N–C) groups is 1. The molecule has 1 aromatic carbocycles. The minimum atomic E-state index is -0.819. The Labute approximate surface area is 201 Å². The smallest absolute Gasteiger partial charge is 0.321 e. The Morgan fingerprint density at radius 3 is 2.71 bits per heavy atom. The van der Waals surface area contributed by atoms with Crippen molar-refractivity contribution in [3.05, 3.63) is 54.0 Å². The number of benzene rings is 1. The molecule has 0 saturated carbocycles. The first-order valence-electron chi connectivity index (χ1n) is 11.2. The molecular formula is C24H26F2N8O. The van der Waals surface area contributed by atoms with Gasteiger partial charge in [0.05, 0.1) is 11.4 Å². The summed E-state index contributed by atoms with van der Waals surface area (Å²) in [6, 6.07) is 4.40. The summed E-state index contributed by atoms with van der Waals surface area (Å²) in [5, 5.41) is 20.5. The summed E-state index contributed by atoms with van der Waals surface area (Å²) in [4.78, 5) is 24.8. The maximum Gasteiger partial charge on any atom is 0.321 e. The fraction of sp³-hybridized carbons (Fsp3) is 0.333. The molecule has 11 heteroatoms. The van der Waals surface area contributed by atoms with E-state index in [2.05, 4.69) is 30.4 Å². The van der Waals surface area contributed by atoms with Gasteiger partial charge in [-0.3, -0.25) is 9.98 Å². The number of rotatable bonds is 6. The van der Waals surface area contributed by atoms with Crippen molar-refractivity contribution in [2.24, 2.45) is 4.99 Å². The topological polar surface area (TPSA) is 110 Å². The van der Waals surface area contributed by atoms with Crippen molar-refractivity contribution < 1.29 is 13.6 Å². The lowest BCUT2D eigenvalue weighted by atomic mass is 10.0. The van der Waals surface area contributed by atoms with Gasteiger partial charge in [0.1, 0.15) is 17.3 Å². The molecule has 0 bridgehead atoms. The van der Waals surface area contributed by atoms with Gasteiger partial charge in [-0.2, -0.15) is 0 Å². The summed E-state index contributed by atoms with van der Waals surface area (Å²) in [6.07, 6.45) is 6.45. The van der Waals surface area contributed by atoms with Gasteiger partial charge in [0.25, 0.3) is 0 Å². The molecule has 0 radical (unpaired) electrons. The maximum atomic E-state index is 13.9. The van der Waals surface area contributed by atoms with E-state index in [0.717, 1.165) is 22.9 Å². The van der Waals surface area contributed by atoms with E-state index in [9.17, 15) is 13.6 Å². The van der Waals surface area contributed by atoms with Gasteiger partial charge >= 0.3 is 6.03 Å². The predicted octanol–water partition coefficient (Wildman–Crippen LogP) is 3.89. The molecule has 0 atom stereocenters. The fourth-order valence-electron chi connectivity index (χ4n) is 4.25. The Balaban J connectivity index is 1.47. The molecule has 182 valence electrons. The van der Waals surface area contributed by atoms with Gasteiger partial charge in [0, 0.05) is 75.1 Å². The fourth-order valence-corrected chi connectivity index (χ4v) is 4.25.